The van der Waals surface area contributed by atoms with E-state index in [1.54, 1.807) is 37.3 Å². The third-order valence-corrected chi connectivity index (χ3v) is 7.49. The Morgan fingerprint density at radius 1 is 1.30 bits per heavy atom. The van der Waals surface area contributed by atoms with Gasteiger partial charge in [0.15, 0.2) is 22.1 Å². The summed E-state index contributed by atoms with van der Waals surface area (Å²) in [5, 5.41) is 10.6. The number of carbonyl (C=O) groups excluding carboxylic acids is 2. The van der Waals surface area contributed by atoms with E-state index in [-0.39, 0.29) is 50.5 Å². The van der Waals surface area contributed by atoms with Crippen molar-refractivity contribution in [2.75, 3.05) is 18.6 Å². The predicted molar refractivity (Wildman–Crippen MR) is 141 cm³/mol. The Bertz CT molecular complexity index is 1660. The van der Waals surface area contributed by atoms with Crippen molar-refractivity contribution in [2.24, 2.45) is 0 Å². The van der Waals surface area contributed by atoms with Crippen LogP contribution in [0.1, 0.15) is 43.1 Å². The third-order valence-electron chi connectivity index (χ3n) is 5.86. The van der Waals surface area contributed by atoms with Crippen LogP contribution in [0.4, 0.5) is 5.13 Å². The largest absolute Gasteiger partial charge is 0.504 e. The first-order chi connectivity index (χ1) is 17.7. The minimum Gasteiger partial charge on any atom is -0.504 e. The van der Waals surface area contributed by atoms with Crippen LogP contribution in [0.2, 0.25) is 0 Å². The molecule has 0 aliphatic carbocycles. The van der Waals surface area contributed by atoms with Gasteiger partial charge in [0.1, 0.15) is 17.1 Å². The number of aromatic hydroxyl groups is 1. The highest BCUT2D eigenvalue weighted by molar-refractivity contribution is 9.10. The molecule has 0 fully saturated rings. The van der Waals surface area contributed by atoms with Crippen molar-refractivity contribution in [1.82, 2.24) is 4.98 Å². The SMILES string of the molecule is C=CCOC(=O)c1sc(N2C(=O)c3oc4ccc(Br)cc4c(=O)c3C2c2ccc(O)c(OC)c2)nc1C. The number of aryl methyl sites for hydroxylation is 1. The summed E-state index contributed by atoms with van der Waals surface area (Å²) < 4.78 is 17.0. The summed E-state index contributed by atoms with van der Waals surface area (Å²) >= 11 is 4.34. The molecule has 0 spiro atoms. The maximum absolute atomic E-state index is 13.8. The number of hydrogen-bond acceptors (Lipinski definition) is 9. The second-order valence-electron chi connectivity index (χ2n) is 8.12. The number of phenolic OH excluding ortho intramolecular Hbond substituents is 1. The molecule has 37 heavy (non-hydrogen) atoms. The molecule has 1 unspecified atom stereocenters. The topological polar surface area (TPSA) is 119 Å². The summed E-state index contributed by atoms with van der Waals surface area (Å²) in [4.78, 5) is 46.1. The molecule has 3 heterocycles. The number of phenols is 1. The number of benzene rings is 2. The average molecular weight is 583 g/mol. The van der Waals surface area contributed by atoms with E-state index in [2.05, 4.69) is 27.5 Å². The van der Waals surface area contributed by atoms with Gasteiger partial charge in [0.2, 0.25) is 5.76 Å². The minimum absolute atomic E-state index is 0.0239. The molecule has 9 nitrogen and oxygen atoms in total. The van der Waals surface area contributed by atoms with Crippen molar-refractivity contribution in [3.8, 4) is 11.5 Å². The van der Waals surface area contributed by atoms with Gasteiger partial charge < -0.3 is 19.0 Å². The van der Waals surface area contributed by atoms with Gasteiger partial charge in [-0.25, -0.2) is 9.78 Å². The molecule has 4 aromatic rings. The van der Waals surface area contributed by atoms with Crippen molar-refractivity contribution in [2.45, 2.75) is 13.0 Å². The molecule has 0 radical (unpaired) electrons. The van der Waals surface area contributed by atoms with E-state index in [1.165, 1.54) is 24.2 Å². The number of methoxy groups -OCH3 is 1. The van der Waals surface area contributed by atoms with Crippen LogP contribution < -0.4 is 15.1 Å². The van der Waals surface area contributed by atoms with Crippen LogP contribution in [0.25, 0.3) is 11.0 Å². The van der Waals surface area contributed by atoms with Gasteiger partial charge in [-0.15, -0.1) is 0 Å². The van der Waals surface area contributed by atoms with E-state index in [4.69, 9.17) is 13.9 Å². The number of nitrogens with zero attached hydrogens (tertiary/aromatic N) is 2. The lowest BCUT2D eigenvalue weighted by atomic mass is 9.98. The molecule has 5 rings (SSSR count). The minimum atomic E-state index is -0.959. The number of carbonyl (C=O) groups is 2. The van der Waals surface area contributed by atoms with Gasteiger partial charge >= 0.3 is 5.97 Å². The molecule has 188 valence electrons. The molecule has 1 N–H and O–H groups in total. The van der Waals surface area contributed by atoms with E-state index in [1.807, 2.05) is 0 Å². The van der Waals surface area contributed by atoms with Gasteiger partial charge in [0.05, 0.1) is 29.8 Å². The van der Waals surface area contributed by atoms with Crippen molar-refractivity contribution in [3.63, 3.8) is 0 Å². The van der Waals surface area contributed by atoms with Crippen molar-refractivity contribution in [1.29, 1.82) is 0 Å². The highest BCUT2D eigenvalue weighted by Crippen LogP contribution is 2.44. The highest BCUT2D eigenvalue weighted by atomic mass is 79.9. The Morgan fingerprint density at radius 3 is 2.81 bits per heavy atom. The lowest BCUT2D eigenvalue weighted by molar-refractivity contribution is 0.0554. The fourth-order valence-electron chi connectivity index (χ4n) is 4.20. The number of amides is 1. The highest BCUT2D eigenvalue weighted by Gasteiger charge is 2.45. The lowest BCUT2D eigenvalue weighted by Gasteiger charge is -2.23. The number of aromatic nitrogens is 1. The first kappa shape index (κ1) is 24.7. The fourth-order valence-corrected chi connectivity index (χ4v) is 5.55. The summed E-state index contributed by atoms with van der Waals surface area (Å²) in [5.41, 5.74) is 0.838. The molecule has 1 aliphatic heterocycles. The molecule has 2 aromatic carbocycles. The fraction of sp³-hybridized carbons (Fsp3) is 0.154. The first-order valence-corrected chi connectivity index (χ1v) is 12.6. The Labute approximate surface area is 222 Å². The Morgan fingerprint density at radius 2 is 2.08 bits per heavy atom. The second kappa shape index (κ2) is 9.49. The number of thiazole rings is 1. The van der Waals surface area contributed by atoms with Gasteiger partial charge in [0, 0.05) is 4.47 Å². The Hall–Kier alpha value is -3.96. The van der Waals surface area contributed by atoms with Gasteiger partial charge in [-0.05, 0) is 42.8 Å². The molecule has 0 bridgehead atoms. The molecule has 0 saturated heterocycles. The molecule has 2 aromatic heterocycles. The smallest absolute Gasteiger partial charge is 0.350 e. The molecule has 11 heteroatoms. The van der Waals surface area contributed by atoms with Crippen LogP contribution in [-0.2, 0) is 4.74 Å². The number of hydrogen-bond donors (Lipinski definition) is 1. The summed E-state index contributed by atoms with van der Waals surface area (Å²) in [6, 6.07) is 8.53. The number of ether oxygens (including phenoxy) is 2. The summed E-state index contributed by atoms with van der Waals surface area (Å²) in [6.45, 7) is 5.19. The lowest BCUT2D eigenvalue weighted by Crippen LogP contribution is -2.29. The summed E-state index contributed by atoms with van der Waals surface area (Å²) in [6.07, 6.45) is 1.45. The average Bonchev–Trinajstić information content (AvgIpc) is 3.40. The van der Waals surface area contributed by atoms with Crippen LogP contribution in [0, 0.1) is 6.92 Å². The standard InChI is InChI=1S/C26H19BrN2O7S/c1-4-9-35-25(33)23-12(2)28-26(37-23)29-20(13-5-7-16(30)18(10-13)34-3)19-21(31)15-11-14(27)6-8-17(15)36-22(19)24(29)32/h4-8,10-11,20,30H,1,9H2,2-3H3. The van der Waals surface area contributed by atoms with Crippen LogP contribution in [0.15, 0.2) is 62.7 Å². The van der Waals surface area contributed by atoms with Crippen LogP contribution in [0.5, 0.6) is 11.5 Å². The Kier molecular flexibility index (Phi) is 6.34. The zero-order valence-electron chi connectivity index (χ0n) is 19.6. The second-order valence-corrected chi connectivity index (χ2v) is 10.0. The van der Waals surface area contributed by atoms with E-state index < -0.39 is 17.9 Å². The molecular weight excluding hydrogens is 564 g/mol. The van der Waals surface area contributed by atoms with Crippen molar-refractivity contribution >= 4 is 55.2 Å². The molecule has 1 atom stereocenters. The maximum atomic E-state index is 13.8. The normalized spacial score (nSPS) is 14.6. The number of anilines is 1. The molecule has 1 amide bonds. The number of esters is 1. The maximum Gasteiger partial charge on any atom is 0.350 e. The number of rotatable bonds is 6. The van der Waals surface area contributed by atoms with E-state index in [0.717, 1.165) is 11.3 Å². The van der Waals surface area contributed by atoms with Gasteiger partial charge in [-0.3, -0.25) is 14.5 Å². The number of halogens is 1. The van der Waals surface area contributed by atoms with E-state index in [9.17, 15) is 19.5 Å². The summed E-state index contributed by atoms with van der Waals surface area (Å²) in [7, 11) is 1.40. The number of fused-ring (bicyclic) bond motifs is 2. The van der Waals surface area contributed by atoms with E-state index in [0.29, 0.717) is 21.1 Å². The summed E-state index contributed by atoms with van der Waals surface area (Å²) in [5.74, 6) is -1.25. The van der Waals surface area contributed by atoms with Crippen LogP contribution >= 0.6 is 27.3 Å². The molecule has 0 saturated carbocycles. The van der Waals surface area contributed by atoms with Crippen molar-refractivity contribution < 1.29 is 28.6 Å². The third kappa shape index (κ3) is 4.09. The quantitative estimate of drug-likeness (QED) is 0.245. The predicted octanol–water partition coefficient (Wildman–Crippen LogP) is 5.13. The van der Waals surface area contributed by atoms with Gasteiger partial charge in [-0.1, -0.05) is 46.0 Å². The first-order valence-electron chi connectivity index (χ1n) is 11.0. The van der Waals surface area contributed by atoms with E-state index >= 15 is 0 Å². The van der Waals surface area contributed by atoms with Crippen LogP contribution in [-0.4, -0.2) is 35.7 Å². The molecule has 1 aliphatic rings. The van der Waals surface area contributed by atoms with Gasteiger partial charge in [0.25, 0.3) is 5.91 Å². The zero-order valence-corrected chi connectivity index (χ0v) is 22.0. The Balaban J connectivity index is 1.74. The molecular formula is C26H19BrN2O7S. The zero-order chi connectivity index (χ0) is 26.4. The van der Waals surface area contributed by atoms with Crippen molar-refractivity contribution in [3.05, 3.63) is 91.2 Å². The monoisotopic (exact) mass is 582 g/mol. The van der Waals surface area contributed by atoms with Gasteiger partial charge in [-0.2, -0.15) is 0 Å². The van der Waals surface area contributed by atoms with Crippen LogP contribution in [0.3, 0.4) is 0 Å².